The molecule has 0 spiro atoms. The van der Waals surface area contributed by atoms with Crippen molar-refractivity contribution in [2.24, 2.45) is 0 Å². The molecule has 5 nitrogen and oxygen atoms in total. The molecule has 6 heteroatoms. The minimum atomic E-state index is -0.415. The van der Waals surface area contributed by atoms with E-state index in [2.05, 4.69) is 20.6 Å². The van der Waals surface area contributed by atoms with Gasteiger partial charge >= 0.3 is 0 Å². The van der Waals surface area contributed by atoms with E-state index < -0.39 is 11.7 Å². The Morgan fingerprint density at radius 3 is 2.38 bits per heavy atom. The Kier molecular flexibility index (Phi) is 4.47. The maximum atomic E-state index is 13.1. The van der Waals surface area contributed by atoms with Gasteiger partial charge in [-0.25, -0.2) is 14.4 Å². The number of rotatable bonds is 4. The summed E-state index contributed by atoms with van der Waals surface area (Å²) < 4.78 is 13.1. The molecule has 24 heavy (non-hydrogen) atoms. The van der Waals surface area contributed by atoms with Crippen LogP contribution in [-0.2, 0) is 0 Å². The van der Waals surface area contributed by atoms with Gasteiger partial charge in [-0.1, -0.05) is 23.8 Å². The first-order valence-corrected chi connectivity index (χ1v) is 7.33. The molecule has 0 saturated heterocycles. The molecule has 1 aromatic heterocycles. The minimum absolute atomic E-state index is 0.286. The predicted molar refractivity (Wildman–Crippen MR) is 90.8 cm³/mol. The maximum Gasteiger partial charge on any atom is 0.258 e. The van der Waals surface area contributed by atoms with Gasteiger partial charge in [0.25, 0.3) is 5.91 Å². The number of aromatic nitrogens is 2. The van der Waals surface area contributed by atoms with Crippen molar-refractivity contribution in [2.45, 2.75) is 6.92 Å². The fourth-order valence-electron chi connectivity index (χ4n) is 2.05. The van der Waals surface area contributed by atoms with Gasteiger partial charge in [-0.2, -0.15) is 0 Å². The molecule has 0 atom stereocenters. The lowest BCUT2D eigenvalue weighted by molar-refractivity contribution is 0.102. The highest BCUT2D eigenvalue weighted by molar-refractivity contribution is 6.03. The number of hydrogen-bond acceptors (Lipinski definition) is 4. The van der Waals surface area contributed by atoms with Crippen LogP contribution in [0.2, 0.25) is 0 Å². The molecule has 0 aliphatic carbocycles. The van der Waals surface area contributed by atoms with Crippen molar-refractivity contribution in [3.8, 4) is 0 Å². The third-order valence-corrected chi connectivity index (χ3v) is 3.30. The molecule has 1 amide bonds. The van der Waals surface area contributed by atoms with E-state index in [1.54, 1.807) is 6.07 Å². The van der Waals surface area contributed by atoms with Gasteiger partial charge in [0.2, 0.25) is 5.95 Å². The number of amides is 1. The quantitative estimate of drug-likeness (QED) is 0.764. The van der Waals surface area contributed by atoms with Crippen LogP contribution in [0.25, 0.3) is 0 Å². The first-order chi connectivity index (χ1) is 11.6. The van der Waals surface area contributed by atoms with Crippen LogP contribution in [0.5, 0.6) is 0 Å². The molecule has 120 valence electrons. The van der Waals surface area contributed by atoms with Crippen molar-refractivity contribution < 1.29 is 9.18 Å². The Morgan fingerprint density at radius 1 is 1.00 bits per heavy atom. The number of nitrogens with one attached hydrogen (secondary N) is 2. The van der Waals surface area contributed by atoms with Gasteiger partial charge in [-0.15, -0.1) is 0 Å². The van der Waals surface area contributed by atoms with Gasteiger partial charge in [0.05, 0.1) is 5.56 Å². The third-order valence-electron chi connectivity index (χ3n) is 3.30. The molecular formula is C18H15FN4O. The van der Waals surface area contributed by atoms with E-state index in [0.29, 0.717) is 11.6 Å². The normalized spacial score (nSPS) is 10.2. The van der Waals surface area contributed by atoms with Gasteiger partial charge in [0.1, 0.15) is 5.82 Å². The van der Waals surface area contributed by atoms with Crippen molar-refractivity contribution in [3.05, 3.63) is 77.9 Å². The van der Waals surface area contributed by atoms with Crippen molar-refractivity contribution in [1.29, 1.82) is 0 Å². The summed E-state index contributed by atoms with van der Waals surface area (Å²) in [5, 5.41) is 5.65. The average Bonchev–Trinajstić information content (AvgIpc) is 2.57. The molecule has 2 aromatic carbocycles. The monoisotopic (exact) mass is 322 g/mol. The average molecular weight is 322 g/mol. The maximum absolute atomic E-state index is 13.1. The number of aryl methyl sites for hydroxylation is 1. The second-order valence-corrected chi connectivity index (χ2v) is 5.25. The van der Waals surface area contributed by atoms with Crippen LogP contribution >= 0.6 is 0 Å². The second kappa shape index (κ2) is 6.87. The molecular weight excluding hydrogens is 307 g/mol. The van der Waals surface area contributed by atoms with E-state index in [9.17, 15) is 9.18 Å². The highest BCUT2D eigenvalue weighted by Gasteiger charge is 2.08. The summed E-state index contributed by atoms with van der Waals surface area (Å²) in [6, 6.07) is 13.5. The topological polar surface area (TPSA) is 66.9 Å². The van der Waals surface area contributed by atoms with Crippen molar-refractivity contribution in [3.63, 3.8) is 0 Å². The van der Waals surface area contributed by atoms with Gasteiger partial charge in [0, 0.05) is 23.8 Å². The smallest absolute Gasteiger partial charge is 0.258 e. The van der Waals surface area contributed by atoms with E-state index in [-0.39, 0.29) is 5.56 Å². The van der Waals surface area contributed by atoms with E-state index in [1.165, 1.54) is 30.6 Å². The van der Waals surface area contributed by atoms with Crippen LogP contribution in [0.1, 0.15) is 15.9 Å². The standard InChI is InChI=1S/C18H15FN4O/c1-12-5-7-15(8-6-12)23-18-20-10-13(11-21-18)17(24)22-16-4-2-3-14(19)9-16/h2-11H,1H3,(H,22,24)(H,20,21,23). The number of nitrogens with zero attached hydrogens (tertiary/aromatic N) is 2. The van der Waals surface area contributed by atoms with Crippen LogP contribution in [0.4, 0.5) is 21.7 Å². The molecule has 0 radical (unpaired) electrons. The zero-order chi connectivity index (χ0) is 16.9. The Balaban J connectivity index is 1.67. The second-order valence-electron chi connectivity index (χ2n) is 5.25. The Hall–Kier alpha value is -3.28. The summed E-state index contributed by atoms with van der Waals surface area (Å²) in [7, 11) is 0. The van der Waals surface area contributed by atoms with Crippen molar-refractivity contribution in [2.75, 3.05) is 10.6 Å². The summed E-state index contributed by atoms with van der Waals surface area (Å²) in [5.41, 5.74) is 2.68. The van der Waals surface area contributed by atoms with Crippen LogP contribution < -0.4 is 10.6 Å². The summed E-state index contributed by atoms with van der Waals surface area (Å²) >= 11 is 0. The van der Waals surface area contributed by atoms with Gasteiger partial charge in [0.15, 0.2) is 0 Å². The van der Waals surface area contributed by atoms with Crippen molar-refractivity contribution in [1.82, 2.24) is 9.97 Å². The molecule has 0 fully saturated rings. The first kappa shape index (κ1) is 15.6. The van der Waals surface area contributed by atoms with Crippen LogP contribution in [0, 0.1) is 12.7 Å². The predicted octanol–water partition coefficient (Wildman–Crippen LogP) is 3.92. The molecule has 1 heterocycles. The highest BCUT2D eigenvalue weighted by Crippen LogP contribution is 2.14. The molecule has 0 aliphatic rings. The first-order valence-electron chi connectivity index (χ1n) is 7.33. The van der Waals surface area contributed by atoms with Crippen LogP contribution in [0.15, 0.2) is 60.9 Å². The highest BCUT2D eigenvalue weighted by atomic mass is 19.1. The fraction of sp³-hybridized carbons (Fsp3) is 0.0556. The SMILES string of the molecule is Cc1ccc(Nc2ncc(C(=O)Nc3cccc(F)c3)cn2)cc1. The third kappa shape index (κ3) is 3.92. The van der Waals surface area contributed by atoms with Crippen LogP contribution in [-0.4, -0.2) is 15.9 Å². The summed E-state index contributed by atoms with van der Waals surface area (Å²) in [4.78, 5) is 20.3. The Morgan fingerprint density at radius 2 is 1.71 bits per heavy atom. The Bertz CT molecular complexity index is 848. The summed E-state index contributed by atoms with van der Waals surface area (Å²) in [6.07, 6.45) is 2.83. The molecule has 3 aromatic rings. The summed E-state index contributed by atoms with van der Waals surface area (Å²) in [5.74, 6) is -0.426. The summed E-state index contributed by atoms with van der Waals surface area (Å²) in [6.45, 7) is 2.01. The number of carbonyl (C=O) groups is 1. The van der Waals surface area contributed by atoms with E-state index in [0.717, 1.165) is 11.3 Å². The molecule has 0 bridgehead atoms. The number of anilines is 3. The molecule has 0 aliphatic heterocycles. The zero-order valence-electron chi connectivity index (χ0n) is 13.0. The van der Waals surface area contributed by atoms with E-state index >= 15 is 0 Å². The number of carbonyl (C=O) groups excluding carboxylic acids is 1. The zero-order valence-corrected chi connectivity index (χ0v) is 13.0. The number of halogens is 1. The molecule has 0 saturated carbocycles. The van der Waals surface area contributed by atoms with E-state index in [1.807, 2.05) is 31.2 Å². The lowest BCUT2D eigenvalue weighted by Crippen LogP contribution is -2.13. The Labute approximate surface area is 138 Å². The molecule has 2 N–H and O–H groups in total. The lowest BCUT2D eigenvalue weighted by atomic mass is 10.2. The largest absolute Gasteiger partial charge is 0.324 e. The lowest BCUT2D eigenvalue weighted by Gasteiger charge is -2.07. The molecule has 3 rings (SSSR count). The number of hydrogen-bond donors (Lipinski definition) is 2. The van der Waals surface area contributed by atoms with Crippen LogP contribution in [0.3, 0.4) is 0 Å². The van der Waals surface area contributed by atoms with Gasteiger partial charge in [-0.05, 0) is 37.3 Å². The molecule has 0 unspecified atom stereocenters. The fourth-order valence-corrected chi connectivity index (χ4v) is 2.05. The van der Waals surface area contributed by atoms with E-state index in [4.69, 9.17) is 0 Å². The van der Waals surface area contributed by atoms with Gasteiger partial charge < -0.3 is 10.6 Å². The van der Waals surface area contributed by atoms with Crippen molar-refractivity contribution >= 4 is 23.2 Å². The van der Waals surface area contributed by atoms with Gasteiger partial charge in [-0.3, -0.25) is 4.79 Å². The minimum Gasteiger partial charge on any atom is -0.324 e. The number of benzene rings is 2.